The molecule has 0 atom stereocenters. The molecular weight excluding hydrogens is 616 g/mol. The quantitative estimate of drug-likeness (QED) is 0.261. The third-order valence-corrected chi connectivity index (χ3v) is 9.99. The van der Waals surface area contributed by atoms with Gasteiger partial charge in [-0.2, -0.15) is 0 Å². The van der Waals surface area contributed by atoms with Crippen molar-refractivity contribution in [3.63, 3.8) is 0 Å². The first-order valence-electron chi connectivity index (χ1n) is 14.9. The lowest BCUT2D eigenvalue weighted by Gasteiger charge is -2.36. The number of hydrogen-bond acceptors (Lipinski definition) is 12. The first-order chi connectivity index (χ1) is 21.8. The Hall–Kier alpha value is -3.85. The summed E-state index contributed by atoms with van der Waals surface area (Å²) in [5.41, 5.74) is 3.54. The maximum Gasteiger partial charge on any atom is 0.227 e. The lowest BCUT2D eigenvalue weighted by molar-refractivity contribution is 0.271. The number of halogens is 1. The Morgan fingerprint density at radius 2 is 1.80 bits per heavy atom. The fraction of sp³-hybridized carbons (Fsp3) is 0.387. The van der Waals surface area contributed by atoms with Crippen LogP contribution in [0.3, 0.4) is 0 Å². The number of nitrogens with zero attached hydrogens (tertiary/aromatic N) is 6. The number of anilines is 4. The van der Waals surface area contributed by atoms with E-state index in [1.54, 1.807) is 30.7 Å². The van der Waals surface area contributed by atoms with Gasteiger partial charge in [-0.05, 0) is 36.4 Å². The van der Waals surface area contributed by atoms with Crippen LogP contribution in [0.25, 0.3) is 21.8 Å². The number of benzene rings is 2. The molecule has 0 bridgehead atoms. The average Bonchev–Trinajstić information content (AvgIpc) is 3.50. The summed E-state index contributed by atoms with van der Waals surface area (Å²) < 4.78 is 43.8. The topological polar surface area (TPSA) is 116 Å². The van der Waals surface area contributed by atoms with Crippen molar-refractivity contribution in [3.8, 4) is 27.6 Å². The smallest absolute Gasteiger partial charge is 0.227 e. The van der Waals surface area contributed by atoms with Crippen LogP contribution in [0.4, 0.5) is 26.8 Å². The van der Waals surface area contributed by atoms with E-state index in [4.69, 9.17) is 14.7 Å². The molecule has 238 valence electrons. The van der Waals surface area contributed by atoms with Crippen LogP contribution in [0.1, 0.15) is 0 Å². The number of rotatable bonds is 10. The molecule has 0 amide bonds. The summed E-state index contributed by atoms with van der Waals surface area (Å²) in [7, 11) is -1.36. The van der Waals surface area contributed by atoms with Gasteiger partial charge >= 0.3 is 0 Å². The van der Waals surface area contributed by atoms with Crippen molar-refractivity contribution in [2.45, 2.75) is 0 Å². The molecule has 2 aromatic heterocycles. The van der Waals surface area contributed by atoms with Crippen LogP contribution in [0, 0.1) is 5.82 Å². The fourth-order valence-electron chi connectivity index (χ4n) is 5.46. The van der Waals surface area contributed by atoms with Gasteiger partial charge in [-0.25, -0.2) is 27.8 Å². The first-order valence-corrected chi connectivity index (χ1v) is 17.8. The fourth-order valence-corrected chi connectivity index (χ4v) is 7.16. The molecule has 2 aliphatic heterocycles. The van der Waals surface area contributed by atoms with Gasteiger partial charge in [0, 0.05) is 82.6 Å². The van der Waals surface area contributed by atoms with Gasteiger partial charge in [0.1, 0.15) is 21.4 Å². The van der Waals surface area contributed by atoms with E-state index in [9.17, 15) is 8.42 Å². The van der Waals surface area contributed by atoms with Gasteiger partial charge in [0.05, 0.1) is 34.8 Å². The molecule has 2 N–H and O–H groups in total. The molecule has 2 aromatic carbocycles. The standard InChI is InChI=1S/C31H37FN8O3S2/c1-43-24-5-3-4-22(20-24)28-29(44-31(37-28)40-12-10-33-11-13-40)26-8-9-34-30(36-26)35-23-6-7-27(25(32)21-23)39-16-14-38(15-17-39)18-19-45(2,41)42/h3-9,20-21,33H,10-19H2,1-2H3,(H,34,35,36). The van der Waals surface area contributed by atoms with Gasteiger partial charge in [0.25, 0.3) is 0 Å². The minimum atomic E-state index is -3.01. The first kappa shape index (κ1) is 31.1. The lowest BCUT2D eigenvalue weighted by Crippen LogP contribution is -2.47. The molecule has 0 aliphatic carbocycles. The average molecular weight is 653 g/mol. The molecule has 4 aromatic rings. The molecule has 2 saturated heterocycles. The van der Waals surface area contributed by atoms with Gasteiger partial charge < -0.3 is 25.2 Å². The molecule has 45 heavy (non-hydrogen) atoms. The molecular formula is C31H37FN8O3S2. The van der Waals surface area contributed by atoms with Crippen molar-refractivity contribution in [3.05, 3.63) is 60.5 Å². The summed E-state index contributed by atoms with van der Waals surface area (Å²) in [6.07, 6.45) is 2.94. The predicted molar refractivity (Wildman–Crippen MR) is 178 cm³/mol. The zero-order valence-corrected chi connectivity index (χ0v) is 27.0. The van der Waals surface area contributed by atoms with Crippen molar-refractivity contribution in [2.75, 3.05) is 93.1 Å². The van der Waals surface area contributed by atoms with Gasteiger partial charge in [0.2, 0.25) is 5.95 Å². The van der Waals surface area contributed by atoms with Gasteiger partial charge in [0.15, 0.2) is 5.13 Å². The zero-order valence-electron chi connectivity index (χ0n) is 25.4. The molecule has 0 saturated carbocycles. The van der Waals surface area contributed by atoms with E-state index in [0.29, 0.717) is 50.0 Å². The van der Waals surface area contributed by atoms with E-state index < -0.39 is 9.84 Å². The van der Waals surface area contributed by atoms with E-state index in [1.165, 1.54) is 12.3 Å². The normalized spacial score (nSPS) is 16.2. The Balaban J connectivity index is 1.20. The van der Waals surface area contributed by atoms with Crippen LogP contribution in [-0.4, -0.2) is 106 Å². The Morgan fingerprint density at radius 1 is 1.00 bits per heavy atom. The highest BCUT2D eigenvalue weighted by atomic mass is 32.2. The Bertz CT molecular complexity index is 1740. The largest absolute Gasteiger partial charge is 0.497 e. The maximum absolute atomic E-state index is 15.3. The second-order valence-corrected chi connectivity index (χ2v) is 14.4. The van der Waals surface area contributed by atoms with Crippen molar-refractivity contribution in [1.29, 1.82) is 0 Å². The third-order valence-electron chi connectivity index (χ3n) is 7.93. The van der Waals surface area contributed by atoms with E-state index >= 15 is 4.39 Å². The molecule has 6 rings (SSSR count). The SMILES string of the molecule is COc1cccc(-c2nc(N3CCNCC3)sc2-c2ccnc(Nc3ccc(N4CCN(CCS(C)(=O)=O)CC4)c(F)c3)n2)c1. The maximum atomic E-state index is 15.3. The number of hydrogen-bond donors (Lipinski definition) is 2. The third kappa shape index (κ3) is 7.69. The molecule has 14 heteroatoms. The number of piperazine rings is 2. The van der Waals surface area contributed by atoms with Gasteiger partial charge in [-0.15, -0.1) is 0 Å². The highest BCUT2D eigenvalue weighted by molar-refractivity contribution is 7.90. The summed E-state index contributed by atoms with van der Waals surface area (Å²) in [6.45, 7) is 6.67. The van der Waals surface area contributed by atoms with Crippen LogP contribution >= 0.6 is 11.3 Å². The molecule has 4 heterocycles. The summed E-state index contributed by atoms with van der Waals surface area (Å²) in [6, 6.07) is 14.8. The molecule has 0 radical (unpaired) electrons. The van der Waals surface area contributed by atoms with Crippen LogP contribution in [0.5, 0.6) is 5.75 Å². The Labute approximate surface area is 267 Å². The summed E-state index contributed by atoms with van der Waals surface area (Å²) in [5, 5.41) is 7.50. The van der Waals surface area contributed by atoms with E-state index in [0.717, 1.165) is 58.9 Å². The van der Waals surface area contributed by atoms with Gasteiger partial charge in [-0.3, -0.25) is 4.90 Å². The number of nitrogens with one attached hydrogen (secondary N) is 2. The second-order valence-electron chi connectivity index (χ2n) is 11.2. The Kier molecular flexibility index (Phi) is 9.45. The van der Waals surface area contributed by atoms with Crippen LogP contribution in [0.2, 0.25) is 0 Å². The lowest BCUT2D eigenvalue weighted by atomic mass is 10.1. The molecule has 2 aliphatic rings. The second kappa shape index (κ2) is 13.6. The van der Waals surface area contributed by atoms with Crippen molar-refractivity contribution in [2.24, 2.45) is 0 Å². The summed E-state index contributed by atoms with van der Waals surface area (Å²) in [5.74, 6) is 0.893. The number of sulfone groups is 1. The summed E-state index contributed by atoms with van der Waals surface area (Å²) in [4.78, 5) is 21.6. The van der Waals surface area contributed by atoms with Crippen molar-refractivity contribution < 1.29 is 17.5 Å². The van der Waals surface area contributed by atoms with E-state index in [2.05, 4.69) is 25.4 Å². The number of ether oxygens (including phenoxy) is 1. The van der Waals surface area contributed by atoms with Gasteiger partial charge in [-0.1, -0.05) is 23.5 Å². The molecule has 0 spiro atoms. The molecule has 0 unspecified atom stereocenters. The highest BCUT2D eigenvalue weighted by Gasteiger charge is 2.23. The van der Waals surface area contributed by atoms with Crippen molar-refractivity contribution in [1.82, 2.24) is 25.2 Å². The zero-order chi connectivity index (χ0) is 31.4. The minimum absolute atomic E-state index is 0.133. The monoisotopic (exact) mass is 652 g/mol. The van der Waals surface area contributed by atoms with Crippen LogP contribution in [0.15, 0.2) is 54.7 Å². The minimum Gasteiger partial charge on any atom is -0.497 e. The van der Waals surface area contributed by atoms with E-state index in [-0.39, 0.29) is 11.6 Å². The number of methoxy groups -OCH3 is 1. The number of aromatic nitrogens is 3. The van der Waals surface area contributed by atoms with Crippen molar-refractivity contribution >= 4 is 43.6 Å². The van der Waals surface area contributed by atoms with Crippen LogP contribution < -0.4 is 25.2 Å². The number of thiazole rings is 1. The molecule has 2 fully saturated rings. The Morgan fingerprint density at radius 3 is 2.53 bits per heavy atom. The van der Waals surface area contributed by atoms with E-state index in [1.807, 2.05) is 41.3 Å². The summed E-state index contributed by atoms with van der Waals surface area (Å²) >= 11 is 1.60. The predicted octanol–water partition coefficient (Wildman–Crippen LogP) is 3.73. The van der Waals surface area contributed by atoms with Crippen LogP contribution in [-0.2, 0) is 9.84 Å². The highest BCUT2D eigenvalue weighted by Crippen LogP contribution is 2.40. The molecule has 11 nitrogen and oxygen atoms in total.